The minimum absolute atomic E-state index is 0.115. The number of nitrogens with zero attached hydrogens (tertiary/aromatic N) is 3. The lowest BCUT2D eigenvalue weighted by molar-refractivity contribution is -0.137. The summed E-state index contributed by atoms with van der Waals surface area (Å²) in [5, 5.41) is 9.62. The second-order valence-corrected chi connectivity index (χ2v) is 9.27. The molecule has 1 atom stereocenters. The highest BCUT2D eigenvalue weighted by atomic mass is 35.5. The summed E-state index contributed by atoms with van der Waals surface area (Å²) in [6.45, 7) is 1.98. The Labute approximate surface area is 215 Å². The first-order valence-electron chi connectivity index (χ1n) is 11.9. The molecule has 1 aromatic heterocycles. The number of carbonyl (C=O) groups excluding carboxylic acids is 1. The van der Waals surface area contributed by atoms with E-state index in [0.717, 1.165) is 22.5 Å². The number of aliphatic carboxylic acids is 1. The van der Waals surface area contributed by atoms with Gasteiger partial charge in [-0.2, -0.15) is 0 Å². The Morgan fingerprint density at radius 1 is 0.944 bits per heavy atom. The Balaban J connectivity index is 1.64. The molecule has 0 aliphatic carbocycles. The first-order chi connectivity index (χ1) is 17.3. The Bertz CT molecular complexity index is 1370. The van der Waals surface area contributed by atoms with Crippen molar-refractivity contribution >= 4 is 34.5 Å². The molecule has 1 amide bonds. The second kappa shape index (κ2) is 11.3. The predicted octanol–water partition coefficient (Wildman–Crippen LogP) is 6.58. The van der Waals surface area contributed by atoms with Crippen molar-refractivity contribution in [1.29, 1.82) is 0 Å². The zero-order valence-corrected chi connectivity index (χ0v) is 21.1. The molecule has 184 valence electrons. The average molecular weight is 502 g/mol. The smallest absolute Gasteiger partial charge is 0.303 e. The van der Waals surface area contributed by atoms with E-state index in [4.69, 9.17) is 26.7 Å². The second-order valence-electron chi connectivity index (χ2n) is 8.83. The molecular formula is C29H28ClN3O3. The van der Waals surface area contributed by atoms with Crippen LogP contribution in [0.15, 0.2) is 72.8 Å². The Kier molecular flexibility index (Phi) is 7.96. The van der Waals surface area contributed by atoms with Crippen molar-refractivity contribution in [1.82, 2.24) is 14.9 Å². The van der Waals surface area contributed by atoms with E-state index in [9.17, 15) is 9.59 Å². The van der Waals surface area contributed by atoms with Crippen molar-refractivity contribution in [3.05, 3.63) is 94.6 Å². The molecule has 3 aromatic carbocycles. The van der Waals surface area contributed by atoms with Crippen molar-refractivity contribution in [2.45, 2.75) is 38.6 Å². The van der Waals surface area contributed by atoms with E-state index >= 15 is 0 Å². The van der Waals surface area contributed by atoms with Gasteiger partial charge in [0.2, 0.25) is 0 Å². The van der Waals surface area contributed by atoms with Gasteiger partial charge in [-0.15, -0.1) is 0 Å². The molecule has 0 saturated carbocycles. The van der Waals surface area contributed by atoms with Crippen LogP contribution in [0.5, 0.6) is 0 Å². The number of carboxylic acid groups (broad SMARTS) is 1. The number of hydrogen-bond donors (Lipinski definition) is 1. The Hall–Kier alpha value is -3.77. The maximum Gasteiger partial charge on any atom is 0.303 e. The summed E-state index contributed by atoms with van der Waals surface area (Å²) in [6.07, 6.45) is 1.98. The molecule has 6 nitrogen and oxygen atoms in total. The van der Waals surface area contributed by atoms with Crippen LogP contribution < -0.4 is 0 Å². The molecule has 4 rings (SSSR count). The van der Waals surface area contributed by atoms with Crippen LogP contribution in [0.1, 0.15) is 53.8 Å². The summed E-state index contributed by atoms with van der Waals surface area (Å²) in [7, 11) is 1.78. The minimum atomic E-state index is -0.803. The number of fused-ring (bicyclic) bond motifs is 1. The molecule has 0 bridgehead atoms. The van der Waals surface area contributed by atoms with E-state index in [2.05, 4.69) is 0 Å². The molecule has 7 heteroatoms. The monoisotopic (exact) mass is 501 g/mol. The summed E-state index contributed by atoms with van der Waals surface area (Å²) in [5.74, 6) is -0.917. The highest BCUT2D eigenvalue weighted by Crippen LogP contribution is 2.27. The van der Waals surface area contributed by atoms with E-state index in [0.29, 0.717) is 40.9 Å². The largest absolute Gasteiger partial charge is 0.481 e. The summed E-state index contributed by atoms with van der Waals surface area (Å²) < 4.78 is 0. The van der Waals surface area contributed by atoms with Gasteiger partial charge in [-0.05, 0) is 62.1 Å². The number of halogens is 1. The van der Waals surface area contributed by atoms with Gasteiger partial charge in [-0.3, -0.25) is 9.59 Å². The fourth-order valence-electron chi connectivity index (χ4n) is 4.14. The highest BCUT2D eigenvalue weighted by Gasteiger charge is 2.20. The summed E-state index contributed by atoms with van der Waals surface area (Å²) >= 11 is 6.01. The Morgan fingerprint density at radius 3 is 2.36 bits per heavy atom. The molecule has 0 radical (unpaired) electrons. The SMILES string of the molecule is CC(c1ccc(Cl)cc1)N(C)C(=O)c1ccc2nc(-c3ccccc3)c(CCCCC(=O)O)nc2c1. The number of aryl methyl sites for hydroxylation is 1. The third-order valence-electron chi connectivity index (χ3n) is 6.34. The van der Waals surface area contributed by atoms with Crippen molar-refractivity contribution in [2.75, 3.05) is 7.05 Å². The molecule has 0 aliphatic heterocycles. The number of carbonyl (C=O) groups is 2. The minimum Gasteiger partial charge on any atom is -0.481 e. The topological polar surface area (TPSA) is 83.4 Å². The molecule has 0 saturated heterocycles. The van der Waals surface area contributed by atoms with Crippen LogP contribution >= 0.6 is 11.6 Å². The number of hydrogen-bond acceptors (Lipinski definition) is 4. The average Bonchev–Trinajstić information content (AvgIpc) is 2.90. The van der Waals surface area contributed by atoms with Gasteiger partial charge >= 0.3 is 5.97 Å². The predicted molar refractivity (Wildman–Crippen MR) is 142 cm³/mol. The number of carboxylic acids is 1. The third-order valence-corrected chi connectivity index (χ3v) is 6.59. The lowest BCUT2D eigenvalue weighted by Gasteiger charge is -2.25. The number of rotatable bonds is 9. The van der Waals surface area contributed by atoms with Gasteiger partial charge in [0, 0.05) is 29.6 Å². The molecule has 0 fully saturated rings. The fourth-order valence-corrected chi connectivity index (χ4v) is 4.26. The fraction of sp³-hybridized carbons (Fsp3) is 0.241. The molecule has 1 N–H and O–H groups in total. The zero-order chi connectivity index (χ0) is 25.7. The van der Waals surface area contributed by atoms with Gasteiger partial charge in [0.05, 0.1) is 28.5 Å². The van der Waals surface area contributed by atoms with Crippen LogP contribution in [0.3, 0.4) is 0 Å². The number of unbranched alkanes of at least 4 members (excludes halogenated alkanes) is 1. The quantitative estimate of drug-likeness (QED) is 0.262. The molecule has 0 aliphatic rings. The van der Waals surface area contributed by atoms with Crippen molar-refractivity contribution in [2.24, 2.45) is 0 Å². The van der Waals surface area contributed by atoms with Crippen LogP contribution in [0, 0.1) is 0 Å². The van der Waals surface area contributed by atoms with E-state index in [1.807, 2.05) is 67.6 Å². The Morgan fingerprint density at radius 2 is 1.67 bits per heavy atom. The van der Waals surface area contributed by atoms with Crippen molar-refractivity contribution in [3.63, 3.8) is 0 Å². The van der Waals surface area contributed by atoms with Gasteiger partial charge in [-0.1, -0.05) is 54.1 Å². The maximum atomic E-state index is 13.3. The summed E-state index contributed by atoms with van der Waals surface area (Å²) in [4.78, 5) is 35.7. The van der Waals surface area contributed by atoms with Gasteiger partial charge in [0.15, 0.2) is 0 Å². The van der Waals surface area contributed by atoms with Crippen LogP contribution in [0.4, 0.5) is 0 Å². The van der Waals surface area contributed by atoms with E-state index in [1.54, 1.807) is 24.1 Å². The standard InChI is InChI=1S/C29H28ClN3O3/c1-19(20-12-15-23(30)16-13-20)33(2)29(36)22-14-17-24-26(18-22)31-25(10-6-7-11-27(34)35)28(32-24)21-8-4-3-5-9-21/h3-5,8-9,12-19H,6-7,10-11H2,1-2H3,(H,34,35). The number of aromatic nitrogens is 2. The summed E-state index contributed by atoms with van der Waals surface area (Å²) in [5.41, 5.74) is 5.40. The van der Waals surface area contributed by atoms with E-state index < -0.39 is 5.97 Å². The first kappa shape index (κ1) is 25.3. The lowest BCUT2D eigenvalue weighted by Crippen LogP contribution is -2.29. The maximum absolute atomic E-state index is 13.3. The molecule has 36 heavy (non-hydrogen) atoms. The molecule has 4 aromatic rings. The number of amides is 1. The lowest BCUT2D eigenvalue weighted by atomic mass is 10.0. The van der Waals surface area contributed by atoms with Crippen LogP contribution in [0.2, 0.25) is 5.02 Å². The van der Waals surface area contributed by atoms with Crippen molar-refractivity contribution < 1.29 is 14.7 Å². The normalized spacial score (nSPS) is 11.9. The van der Waals surface area contributed by atoms with Crippen LogP contribution in [-0.4, -0.2) is 38.9 Å². The third kappa shape index (κ3) is 5.89. The first-order valence-corrected chi connectivity index (χ1v) is 12.3. The summed E-state index contributed by atoms with van der Waals surface area (Å²) in [6, 6.07) is 22.6. The van der Waals surface area contributed by atoms with E-state index in [-0.39, 0.29) is 18.4 Å². The van der Waals surface area contributed by atoms with Gasteiger partial charge < -0.3 is 10.0 Å². The number of benzene rings is 3. The molecule has 0 spiro atoms. The zero-order valence-electron chi connectivity index (χ0n) is 20.3. The van der Waals surface area contributed by atoms with Crippen LogP contribution in [0.25, 0.3) is 22.3 Å². The van der Waals surface area contributed by atoms with Crippen LogP contribution in [-0.2, 0) is 11.2 Å². The molecule has 1 unspecified atom stereocenters. The van der Waals surface area contributed by atoms with Gasteiger partial charge in [0.1, 0.15) is 0 Å². The molecule has 1 heterocycles. The van der Waals surface area contributed by atoms with E-state index in [1.165, 1.54) is 0 Å². The molecular weight excluding hydrogens is 474 g/mol. The van der Waals surface area contributed by atoms with Crippen molar-refractivity contribution in [3.8, 4) is 11.3 Å². The highest BCUT2D eigenvalue weighted by molar-refractivity contribution is 6.30. The van der Waals surface area contributed by atoms with Gasteiger partial charge in [-0.25, -0.2) is 9.97 Å². The van der Waals surface area contributed by atoms with Gasteiger partial charge in [0.25, 0.3) is 5.91 Å².